The van der Waals surface area contributed by atoms with Gasteiger partial charge in [-0.25, -0.2) is 0 Å². The van der Waals surface area contributed by atoms with E-state index in [4.69, 9.17) is 0 Å². The van der Waals surface area contributed by atoms with E-state index in [9.17, 15) is 0 Å². The van der Waals surface area contributed by atoms with Gasteiger partial charge in [0.2, 0.25) is 0 Å². The second-order valence-corrected chi connectivity index (χ2v) is 3.71. The monoisotopic (exact) mass is 192 g/mol. The Morgan fingerprint density at radius 2 is 2.00 bits per heavy atom. The van der Waals surface area contributed by atoms with Gasteiger partial charge in [-0.05, 0) is 38.4 Å². The first-order valence-electron chi connectivity index (χ1n) is 5.15. The topological polar surface area (TPSA) is 24.1 Å². The van der Waals surface area contributed by atoms with Gasteiger partial charge in [-0.2, -0.15) is 0 Å². The number of hydrogen-bond acceptors (Lipinski definition) is 2. The van der Waals surface area contributed by atoms with Crippen LogP contribution in [0, 0.1) is 13.8 Å². The molecule has 0 aliphatic carbocycles. The fourth-order valence-corrected chi connectivity index (χ4v) is 1.56. The Morgan fingerprint density at radius 1 is 1.21 bits per heavy atom. The van der Waals surface area contributed by atoms with Crippen molar-refractivity contribution >= 4 is 0 Å². The van der Waals surface area contributed by atoms with Crippen molar-refractivity contribution in [1.82, 2.24) is 10.6 Å². The molecule has 0 bridgehead atoms. The van der Waals surface area contributed by atoms with Crippen molar-refractivity contribution in [3.63, 3.8) is 0 Å². The summed E-state index contributed by atoms with van der Waals surface area (Å²) in [6, 6.07) is 6.65. The molecule has 0 aliphatic rings. The van der Waals surface area contributed by atoms with E-state index in [2.05, 4.69) is 42.7 Å². The summed E-state index contributed by atoms with van der Waals surface area (Å²) in [6.45, 7) is 6.23. The van der Waals surface area contributed by atoms with Crippen LogP contribution in [0.3, 0.4) is 0 Å². The molecule has 0 aromatic heterocycles. The van der Waals surface area contributed by atoms with Crippen molar-refractivity contribution in [2.75, 3.05) is 20.3 Å². The standard InChI is InChI=1S/C12H20N2/c1-10-4-5-12(11(2)8-10)6-7-14-9-13-3/h4-5,8,13-14H,6-7,9H2,1-3H3. The Labute approximate surface area is 86.7 Å². The van der Waals surface area contributed by atoms with Gasteiger partial charge in [-0.1, -0.05) is 23.8 Å². The summed E-state index contributed by atoms with van der Waals surface area (Å²) in [6.07, 6.45) is 1.10. The van der Waals surface area contributed by atoms with Crippen LogP contribution in [0.5, 0.6) is 0 Å². The minimum Gasteiger partial charge on any atom is -0.308 e. The molecule has 0 amide bonds. The third-order valence-corrected chi connectivity index (χ3v) is 2.37. The van der Waals surface area contributed by atoms with Crippen LogP contribution < -0.4 is 10.6 Å². The average molecular weight is 192 g/mol. The maximum Gasteiger partial charge on any atom is 0.0451 e. The molecular formula is C12H20N2. The number of nitrogens with one attached hydrogen (secondary N) is 2. The number of hydrogen-bond donors (Lipinski definition) is 2. The van der Waals surface area contributed by atoms with Crippen LogP contribution in [0.2, 0.25) is 0 Å². The lowest BCUT2D eigenvalue weighted by atomic mass is 10.0. The highest BCUT2D eigenvalue weighted by atomic mass is 15.0. The van der Waals surface area contributed by atoms with Crippen molar-refractivity contribution in [2.24, 2.45) is 0 Å². The van der Waals surface area contributed by atoms with E-state index in [0.717, 1.165) is 19.6 Å². The molecule has 0 atom stereocenters. The molecule has 0 fully saturated rings. The van der Waals surface area contributed by atoms with E-state index in [1.807, 2.05) is 7.05 Å². The van der Waals surface area contributed by atoms with E-state index in [-0.39, 0.29) is 0 Å². The first kappa shape index (κ1) is 11.2. The average Bonchev–Trinajstić information content (AvgIpc) is 2.15. The minimum absolute atomic E-state index is 0.880. The molecule has 1 aromatic rings. The van der Waals surface area contributed by atoms with Crippen LogP contribution in [-0.2, 0) is 6.42 Å². The Morgan fingerprint density at radius 3 is 2.64 bits per heavy atom. The summed E-state index contributed by atoms with van der Waals surface area (Å²) in [4.78, 5) is 0. The summed E-state index contributed by atoms with van der Waals surface area (Å²) in [5.74, 6) is 0. The first-order chi connectivity index (χ1) is 6.74. The highest BCUT2D eigenvalue weighted by molar-refractivity contribution is 5.30. The van der Waals surface area contributed by atoms with Gasteiger partial charge in [0.05, 0.1) is 0 Å². The highest BCUT2D eigenvalue weighted by Gasteiger charge is 1.97. The number of rotatable bonds is 5. The summed E-state index contributed by atoms with van der Waals surface area (Å²) in [5, 5.41) is 6.38. The maximum atomic E-state index is 3.31. The second kappa shape index (κ2) is 5.78. The third kappa shape index (κ3) is 3.48. The molecule has 0 spiro atoms. The van der Waals surface area contributed by atoms with Crippen LogP contribution in [0.1, 0.15) is 16.7 Å². The number of benzene rings is 1. The lowest BCUT2D eigenvalue weighted by molar-refractivity contribution is 0.630. The molecule has 14 heavy (non-hydrogen) atoms. The normalized spacial score (nSPS) is 10.5. The van der Waals surface area contributed by atoms with Crippen molar-refractivity contribution in [2.45, 2.75) is 20.3 Å². The molecular weight excluding hydrogens is 172 g/mol. The zero-order chi connectivity index (χ0) is 10.4. The molecule has 2 heteroatoms. The molecule has 0 saturated carbocycles. The predicted molar refractivity (Wildman–Crippen MR) is 61.5 cm³/mol. The maximum absolute atomic E-state index is 3.31. The molecule has 2 N–H and O–H groups in total. The molecule has 1 rings (SSSR count). The lowest BCUT2D eigenvalue weighted by Crippen LogP contribution is -2.27. The number of aryl methyl sites for hydroxylation is 2. The van der Waals surface area contributed by atoms with Crippen LogP contribution >= 0.6 is 0 Å². The van der Waals surface area contributed by atoms with Crippen molar-refractivity contribution < 1.29 is 0 Å². The molecule has 1 aromatic carbocycles. The quantitative estimate of drug-likeness (QED) is 0.547. The van der Waals surface area contributed by atoms with Crippen LogP contribution in [0.15, 0.2) is 18.2 Å². The largest absolute Gasteiger partial charge is 0.308 e. The fourth-order valence-electron chi connectivity index (χ4n) is 1.56. The zero-order valence-electron chi connectivity index (χ0n) is 9.35. The smallest absolute Gasteiger partial charge is 0.0451 e. The SMILES string of the molecule is CNCNCCc1ccc(C)cc1C. The summed E-state index contributed by atoms with van der Waals surface area (Å²) in [7, 11) is 1.95. The van der Waals surface area contributed by atoms with Crippen LogP contribution in [-0.4, -0.2) is 20.3 Å². The Kier molecular flexibility index (Phi) is 4.63. The minimum atomic E-state index is 0.880. The lowest BCUT2D eigenvalue weighted by Gasteiger charge is -2.07. The van der Waals surface area contributed by atoms with Crippen molar-refractivity contribution in [3.8, 4) is 0 Å². The van der Waals surface area contributed by atoms with Gasteiger partial charge < -0.3 is 10.6 Å². The van der Waals surface area contributed by atoms with Crippen LogP contribution in [0.25, 0.3) is 0 Å². The van der Waals surface area contributed by atoms with E-state index in [0.29, 0.717) is 0 Å². The van der Waals surface area contributed by atoms with E-state index in [1.165, 1.54) is 16.7 Å². The zero-order valence-corrected chi connectivity index (χ0v) is 9.35. The Bertz CT molecular complexity index is 282. The Balaban J connectivity index is 2.42. The third-order valence-electron chi connectivity index (χ3n) is 2.37. The molecule has 0 radical (unpaired) electrons. The molecule has 2 nitrogen and oxygen atoms in total. The molecule has 78 valence electrons. The van der Waals surface area contributed by atoms with Gasteiger partial charge >= 0.3 is 0 Å². The molecule has 0 unspecified atom stereocenters. The summed E-state index contributed by atoms with van der Waals surface area (Å²) in [5.41, 5.74) is 4.19. The van der Waals surface area contributed by atoms with Gasteiger partial charge in [0.25, 0.3) is 0 Å². The predicted octanol–water partition coefficient (Wildman–Crippen LogP) is 1.61. The van der Waals surface area contributed by atoms with Gasteiger partial charge in [0.15, 0.2) is 0 Å². The second-order valence-electron chi connectivity index (χ2n) is 3.71. The van der Waals surface area contributed by atoms with Gasteiger partial charge in [-0.3, -0.25) is 0 Å². The molecule has 0 aliphatic heterocycles. The van der Waals surface area contributed by atoms with Crippen molar-refractivity contribution in [1.29, 1.82) is 0 Å². The highest BCUT2D eigenvalue weighted by Crippen LogP contribution is 2.10. The van der Waals surface area contributed by atoms with E-state index >= 15 is 0 Å². The summed E-state index contributed by atoms with van der Waals surface area (Å²) < 4.78 is 0. The molecule has 0 saturated heterocycles. The Hall–Kier alpha value is -0.860. The first-order valence-corrected chi connectivity index (χ1v) is 5.15. The summed E-state index contributed by atoms with van der Waals surface area (Å²) >= 11 is 0. The van der Waals surface area contributed by atoms with Gasteiger partial charge in [-0.15, -0.1) is 0 Å². The van der Waals surface area contributed by atoms with Gasteiger partial charge in [0, 0.05) is 13.2 Å². The van der Waals surface area contributed by atoms with Crippen molar-refractivity contribution in [3.05, 3.63) is 34.9 Å². The van der Waals surface area contributed by atoms with E-state index < -0.39 is 0 Å². The fraction of sp³-hybridized carbons (Fsp3) is 0.500. The molecule has 0 heterocycles. The van der Waals surface area contributed by atoms with Gasteiger partial charge in [0.1, 0.15) is 0 Å². The van der Waals surface area contributed by atoms with E-state index in [1.54, 1.807) is 0 Å². The van der Waals surface area contributed by atoms with Crippen LogP contribution in [0.4, 0.5) is 0 Å².